The van der Waals surface area contributed by atoms with Crippen molar-refractivity contribution < 1.29 is 29.0 Å². The first kappa shape index (κ1) is 31.2. The number of carbonyl (C=O) groups is 3. The molecular formula is C38H48N2O6. The molecule has 0 aromatic heterocycles. The highest BCUT2D eigenvalue weighted by atomic mass is 16.6. The molecule has 2 aliphatic heterocycles. The zero-order chi connectivity index (χ0) is 32.0. The van der Waals surface area contributed by atoms with E-state index in [1.165, 1.54) is 19.8 Å². The normalized spacial score (nSPS) is 27.4. The second kappa shape index (κ2) is 12.7. The van der Waals surface area contributed by atoms with E-state index < -0.39 is 5.97 Å². The number of benzene rings is 2. The number of ketones is 1. The van der Waals surface area contributed by atoms with Gasteiger partial charge in [0.05, 0.1) is 6.04 Å². The number of carbonyl (C=O) groups excluding carboxylic acids is 3. The smallest absolute Gasteiger partial charge is 0.308 e. The Morgan fingerprint density at radius 3 is 2.59 bits per heavy atom. The van der Waals surface area contributed by atoms with E-state index in [-0.39, 0.29) is 35.0 Å². The third-order valence-electron chi connectivity index (χ3n) is 11.5. The number of hydrogen-bond acceptors (Lipinski definition) is 7. The molecule has 0 radical (unpaired) electrons. The molecule has 0 unspecified atom stereocenters. The predicted octanol–water partition coefficient (Wildman–Crippen LogP) is 6.21. The summed E-state index contributed by atoms with van der Waals surface area (Å²) in [4.78, 5) is 43.7. The van der Waals surface area contributed by atoms with Crippen LogP contribution in [0.5, 0.6) is 17.2 Å². The van der Waals surface area contributed by atoms with Gasteiger partial charge in [0.25, 0.3) is 0 Å². The first-order valence-electron chi connectivity index (χ1n) is 17.7. The number of phenols is 1. The monoisotopic (exact) mass is 628 g/mol. The van der Waals surface area contributed by atoms with Crippen LogP contribution in [-0.4, -0.2) is 70.4 Å². The molecule has 1 amide bonds. The molecule has 2 aromatic carbocycles. The molecule has 8 nitrogen and oxygen atoms in total. The minimum atomic E-state index is -0.446. The average molecular weight is 629 g/mol. The van der Waals surface area contributed by atoms with E-state index in [4.69, 9.17) is 9.47 Å². The number of aromatic hydroxyl groups is 1. The number of nitrogens with zero attached hydrogens (tertiary/aromatic N) is 2. The predicted molar refractivity (Wildman–Crippen MR) is 174 cm³/mol. The molecule has 46 heavy (non-hydrogen) atoms. The SMILES string of the molecule is CCCCN(C(=O)CCCCC(=O)c1ccccc1)[C@@H]1CC[C@H]2[C@H]3Cc4c(O)cc(OC(C)=O)c5c4[C@@]2(CCN3CC2CC2)[C@H]1O5. The fraction of sp³-hybridized carbons (Fsp3) is 0.605. The number of Topliss-reactive ketones (excluding diaryl/α,β-unsaturated/α-hetero) is 1. The maximum Gasteiger partial charge on any atom is 0.308 e. The van der Waals surface area contributed by atoms with Gasteiger partial charge in [0.2, 0.25) is 5.91 Å². The summed E-state index contributed by atoms with van der Waals surface area (Å²) in [5, 5.41) is 11.4. The summed E-state index contributed by atoms with van der Waals surface area (Å²) < 4.78 is 12.6. The van der Waals surface area contributed by atoms with E-state index in [1.807, 2.05) is 30.3 Å². The summed E-state index contributed by atoms with van der Waals surface area (Å²) in [5.41, 5.74) is 2.36. The van der Waals surface area contributed by atoms with Crippen LogP contribution in [0.4, 0.5) is 0 Å². The molecule has 1 saturated heterocycles. The van der Waals surface area contributed by atoms with Crippen LogP contribution >= 0.6 is 0 Å². The minimum Gasteiger partial charge on any atom is -0.508 e. The number of unbranched alkanes of at least 4 members (excludes halogenated alkanes) is 2. The largest absolute Gasteiger partial charge is 0.508 e. The fourth-order valence-electron chi connectivity index (χ4n) is 9.34. The van der Waals surface area contributed by atoms with Gasteiger partial charge in [-0.15, -0.1) is 0 Å². The van der Waals surface area contributed by atoms with Gasteiger partial charge in [-0.25, -0.2) is 0 Å². The Kier molecular flexibility index (Phi) is 8.60. The van der Waals surface area contributed by atoms with E-state index in [0.29, 0.717) is 55.7 Å². The Morgan fingerprint density at radius 1 is 1.07 bits per heavy atom. The molecule has 1 N–H and O–H groups in total. The molecule has 3 fully saturated rings. The van der Waals surface area contributed by atoms with Crippen LogP contribution in [0.3, 0.4) is 0 Å². The summed E-state index contributed by atoms with van der Waals surface area (Å²) in [7, 11) is 0. The van der Waals surface area contributed by atoms with Crippen LogP contribution < -0.4 is 9.47 Å². The number of likely N-dealkylation sites (tertiary alicyclic amines) is 1. The second-order valence-corrected chi connectivity index (χ2v) is 14.4. The maximum absolute atomic E-state index is 14.1. The Labute approximate surface area is 272 Å². The lowest BCUT2D eigenvalue weighted by atomic mass is 9.50. The van der Waals surface area contributed by atoms with Gasteiger partial charge >= 0.3 is 5.97 Å². The Bertz CT molecular complexity index is 1490. The highest BCUT2D eigenvalue weighted by Crippen LogP contribution is 2.66. The first-order valence-corrected chi connectivity index (χ1v) is 17.7. The Hall–Kier alpha value is -3.39. The number of esters is 1. The van der Waals surface area contributed by atoms with Crippen LogP contribution in [0.2, 0.25) is 0 Å². The third kappa shape index (κ3) is 5.50. The van der Waals surface area contributed by atoms with Crippen LogP contribution in [-0.2, 0) is 21.4 Å². The van der Waals surface area contributed by atoms with Gasteiger partial charge in [-0.1, -0.05) is 43.7 Å². The molecule has 2 saturated carbocycles. The Morgan fingerprint density at radius 2 is 1.85 bits per heavy atom. The van der Waals surface area contributed by atoms with Crippen LogP contribution in [0.1, 0.15) is 106 Å². The number of piperidine rings is 1. The van der Waals surface area contributed by atoms with Crippen molar-refractivity contribution in [2.75, 3.05) is 19.6 Å². The van der Waals surface area contributed by atoms with Crippen molar-refractivity contribution in [2.24, 2.45) is 11.8 Å². The average Bonchev–Trinajstić information content (AvgIpc) is 3.80. The molecule has 5 aliphatic rings. The molecule has 5 atom stereocenters. The van der Waals surface area contributed by atoms with E-state index in [9.17, 15) is 19.5 Å². The summed E-state index contributed by atoms with van der Waals surface area (Å²) >= 11 is 0. The van der Waals surface area contributed by atoms with Crippen molar-refractivity contribution in [2.45, 2.75) is 114 Å². The lowest BCUT2D eigenvalue weighted by Crippen LogP contribution is -2.69. The number of phenolic OH excluding ortho intramolecular Hbond substituents is 1. The van der Waals surface area contributed by atoms with E-state index in [2.05, 4.69) is 16.7 Å². The highest BCUT2D eigenvalue weighted by Gasteiger charge is 2.67. The standard InChI is InChI=1S/C38H48N2O6/c1-3-4-19-40(34(44)13-9-8-12-31(42)26-10-6-5-7-11-26)29-17-16-28-30-21-27-32(43)22-33(45-24(2)41)36-35(27)38(28,37(29)46-36)18-20-39(30)23-25-14-15-25/h5-7,10-11,22,25,28-30,37,43H,3-4,8-9,12-21,23H2,1-2H3/t28-,29+,30+,37-,38-/m0/s1. The molecule has 2 heterocycles. The number of ether oxygens (including phenoxy) is 2. The zero-order valence-corrected chi connectivity index (χ0v) is 27.3. The van der Waals surface area contributed by atoms with Crippen molar-refractivity contribution in [3.8, 4) is 17.2 Å². The van der Waals surface area contributed by atoms with E-state index in [1.54, 1.807) is 6.07 Å². The summed E-state index contributed by atoms with van der Waals surface area (Å²) in [6.07, 6.45) is 9.96. The number of rotatable bonds is 13. The minimum absolute atomic E-state index is 0.109. The van der Waals surface area contributed by atoms with Crippen molar-refractivity contribution >= 4 is 17.7 Å². The van der Waals surface area contributed by atoms with E-state index in [0.717, 1.165) is 74.2 Å². The van der Waals surface area contributed by atoms with Crippen molar-refractivity contribution in [1.29, 1.82) is 0 Å². The molecule has 7 rings (SSSR count). The molecule has 1 spiro atoms. The molecule has 8 heteroatoms. The summed E-state index contributed by atoms with van der Waals surface area (Å²) in [6, 6.07) is 11.1. The van der Waals surface area contributed by atoms with Crippen molar-refractivity contribution in [3.63, 3.8) is 0 Å². The van der Waals surface area contributed by atoms with Crippen LogP contribution in [0.25, 0.3) is 0 Å². The fourth-order valence-corrected chi connectivity index (χ4v) is 9.34. The second-order valence-electron chi connectivity index (χ2n) is 14.4. The van der Waals surface area contributed by atoms with Gasteiger partial charge in [-0.3, -0.25) is 19.3 Å². The molecule has 2 aromatic rings. The number of hydrogen-bond donors (Lipinski definition) is 1. The third-order valence-corrected chi connectivity index (χ3v) is 11.5. The highest BCUT2D eigenvalue weighted by molar-refractivity contribution is 5.96. The van der Waals surface area contributed by atoms with Gasteiger partial charge in [0.1, 0.15) is 11.9 Å². The van der Waals surface area contributed by atoms with Crippen molar-refractivity contribution in [3.05, 3.63) is 53.1 Å². The Balaban J connectivity index is 1.16. The lowest BCUT2D eigenvalue weighted by Gasteiger charge is -2.60. The zero-order valence-electron chi connectivity index (χ0n) is 27.3. The number of amides is 1. The van der Waals surface area contributed by atoms with Crippen LogP contribution in [0.15, 0.2) is 36.4 Å². The van der Waals surface area contributed by atoms with Crippen LogP contribution in [0, 0.1) is 11.8 Å². The summed E-state index contributed by atoms with van der Waals surface area (Å²) in [5.74, 6) is 2.01. The van der Waals surface area contributed by atoms with Gasteiger partial charge in [0, 0.05) is 67.1 Å². The first-order chi connectivity index (χ1) is 22.3. The molecular weight excluding hydrogens is 580 g/mol. The van der Waals surface area contributed by atoms with Gasteiger partial charge in [-0.2, -0.15) is 0 Å². The lowest BCUT2D eigenvalue weighted by molar-refractivity contribution is -0.143. The topological polar surface area (TPSA) is 96.4 Å². The molecule has 3 aliphatic carbocycles. The quantitative estimate of drug-likeness (QED) is 0.122. The van der Waals surface area contributed by atoms with Crippen molar-refractivity contribution in [1.82, 2.24) is 9.80 Å². The van der Waals surface area contributed by atoms with Gasteiger partial charge in [0.15, 0.2) is 17.3 Å². The van der Waals surface area contributed by atoms with Gasteiger partial charge < -0.3 is 19.5 Å². The maximum atomic E-state index is 14.1. The molecule has 2 bridgehead atoms. The summed E-state index contributed by atoms with van der Waals surface area (Å²) in [6.45, 7) is 6.29. The molecule has 246 valence electrons. The van der Waals surface area contributed by atoms with Gasteiger partial charge in [-0.05, 0) is 76.2 Å². The van der Waals surface area contributed by atoms with E-state index >= 15 is 0 Å².